The highest BCUT2D eigenvalue weighted by molar-refractivity contribution is 6.37. The SMILES string of the molecule is CNc1nc(N2CCNCC2)c(Cl)cc1Cl. The van der Waals surface area contributed by atoms with Crippen LogP contribution in [0.2, 0.25) is 10.0 Å². The second kappa shape index (κ2) is 5.08. The minimum atomic E-state index is 0.548. The van der Waals surface area contributed by atoms with Gasteiger partial charge in [-0.15, -0.1) is 0 Å². The van der Waals surface area contributed by atoms with Gasteiger partial charge in [0.2, 0.25) is 0 Å². The molecule has 1 aromatic heterocycles. The zero-order valence-corrected chi connectivity index (χ0v) is 10.6. The van der Waals surface area contributed by atoms with Crippen LogP contribution >= 0.6 is 23.2 Å². The molecule has 1 aromatic rings. The maximum atomic E-state index is 6.16. The summed E-state index contributed by atoms with van der Waals surface area (Å²) in [4.78, 5) is 6.60. The van der Waals surface area contributed by atoms with Crippen LogP contribution in [0.4, 0.5) is 11.6 Å². The highest BCUT2D eigenvalue weighted by Crippen LogP contribution is 2.31. The molecule has 1 fully saturated rings. The number of hydrogen-bond donors (Lipinski definition) is 2. The molecule has 0 amide bonds. The fraction of sp³-hybridized carbons (Fsp3) is 0.500. The second-order valence-electron chi connectivity index (χ2n) is 3.61. The van der Waals surface area contributed by atoms with Crippen LogP contribution in [0.5, 0.6) is 0 Å². The molecule has 0 aliphatic carbocycles. The summed E-state index contributed by atoms with van der Waals surface area (Å²) in [5.41, 5.74) is 0. The van der Waals surface area contributed by atoms with E-state index in [0.717, 1.165) is 32.0 Å². The van der Waals surface area contributed by atoms with Crippen molar-refractivity contribution in [2.45, 2.75) is 0 Å². The normalized spacial score (nSPS) is 16.3. The number of aromatic nitrogens is 1. The van der Waals surface area contributed by atoms with E-state index < -0.39 is 0 Å². The maximum absolute atomic E-state index is 6.16. The maximum Gasteiger partial charge on any atom is 0.150 e. The minimum Gasteiger partial charge on any atom is -0.372 e. The number of nitrogens with zero attached hydrogens (tertiary/aromatic N) is 2. The molecule has 0 spiro atoms. The summed E-state index contributed by atoms with van der Waals surface area (Å²) in [6.07, 6.45) is 0. The largest absolute Gasteiger partial charge is 0.372 e. The van der Waals surface area contributed by atoms with E-state index in [1.54, 1.807) is 13.1 Å². The number of rotatable bonds is 2. The van der Waals surface area contributed by atoms with Crippen LogP contribution in [-0.2, 0) is 0 Å². The van der Waals surface area contributed by atoms with Crippen LogP contribution in [0.25, 0.3) is 0 Å². The lowest BCUT2D eigenvalue weighted by Crippen LogP contribution is -2.44. The number of piperazine rings is 1. The van der Waals surface area contributed by atoms with Crippen molar-refractivity contribution in [1.82, 2.24) is 10.3 Å². The number of anilines is 2. The average molecular weight is 261 g/mol. The molecule has 2 N–H and O–H groups in total. The summed E-state index contributed by atoms with van der Waals surface area (Å²) in [5, 5.41) is 7.40. The molecule has 0 atom stereocenters. The van der Waals surface area contributed by atoms with Crippen LogP contribution in [0, 0.1) is 0 Å². The third kappa shape index (κ3) is 2.34. The van der Waals surface area contributed by atoms with Gasteiger partial charge in [0.25, 0.3) is 0 Å². The number of hydrogen-bond acceptors (Lipinski definition) is 4. The van der Waals surface area contributed by atoms with Gasteiger partial charge in [0.1, 0.15) is 11.6 Å². The standard InChI is InChI=1S/C10H14Cl2N4/c1-13-9-7(11)6-8(12)10(15-9)16-4-2-14-3-5-16/h6,14H,2-5H2,1H3,(H,13,15). The molecular formula is C10H14Cl2N4. The van der Waals surface area contributed by atoms with Crippen molar-refractivity contribution in [1.29, 1.82) is 0 Å². The number of pyridine rings is 1. The summed E-state index contributed by atoms with van der Waals surface area (Å²) in [6.45, 7) is 3.74. The first-order chi connectivity index (χ1) is 7.72. The van der Waals surface area contributed by atoms with Gasteiger partial charge in [-0.2, -0.15) is 0 Å². The Morgan fingerprint density at radius 1 is 1.31 bits per heavy atom. The lowest BCUT2D eigenvalue weighted by Gasteiger charge is -2.29. The third-order valence-corrected chi connectivity index (χ3v) is 3.13. The monoisotopic (exact) mass is 260 g/mol. The first-order valence-electron chi connectivity index (χ1n) is 5.22. The fourth-order valence-electron chi connectivity index (χ4n) is 1.73. The summed E-state index contributed by atoms with van der Waals surface area (Å²) < 4.78 is 0. The predicted molar refractivity (Wildman–Crippen MR) is 68.9 cm³/mol. The Morgan fingerprint density at radius 2 is 2.00 bits per heavy atom. The first-order valence-corrected chi connectivity index (χ1v) is 5.97. The molecule has 0 radical (unpaired) electrons. The van der Waals surface area contributed by atoms with E-state index in [9.17, 15) is 0 Å². The topological polar surface area (TPSA) is 40.2 Å². The Labute approximate surface area is 105 Å². The zero-order chi connectivity index (χ0) is 11.5. The van der Waals surface area contributed by atoms with Crippen LogP contribution < -0.4 is 15.5 Å². The van der Waals surface area contributed by atoms with Crippen LogP contribution in [0.1, 0.15) is 0 Å². The van der Waals surface area contributed by atoms with E-state index in [1.807, 2.05) is 0 Å². The molecule has 16 heavy (non-hydrogen) atoms. The van der Waals surface area contributed by atoms with Crippen LogP contribution in [0.15, 0.2) is 6.07 Å². The highest BCUT2D eigenvalue weighted by atomic mass is 35.5. The highest BCUT2D eigenvalue weighted by Gasteiger charge is 2.16. The molecule has 4 nitrogen and oxygen atoms in total. The summed E-state index contributed by atoms with van der Waals surface area (Å²) in [6, 6.07) is 1.74. The van der Waals surface area contributed by atoms with Crippen LogP contribution in [0.3, 0.4) is 0 Å². The van der Waals surface area contributed by atoms with Gasteiger partial charge in [-0.05, 0) is 6.07 Å². The van der Waals surface area contributed by atoms with Crippen molar-refractivity contribution in [3.8, 4) is 0 Å². The Hall–Kier alpha value is -0.710. The number of halogens is 2. The lowest BCUT2D eigenvalue weighted by atomic mass is 10.3. The molecule has 2 rings (SSSR count). The van der Waals surface area contributed by atoms with Gasteiger partial charge < -0.3 is 15.5 Å². The smallest absolute Gasteiger partial charge is 0.150 e. The van der Waals surface area contributed by atoms with Gasteiger partial charge in [-0.3, -0.25) is 0 Å². The van der Waals surface area contributed by atoms with E-state index in [1.165, 1.54) is 0 Å². The van der Waals surface area contributed by atoms with Gasteiger partial charge in [0.05, 0.1) is 10.0 Å². The number of nitrogens with one attached hydrogen (secondary N) is 2. The molecule has 1 saturated heterocycles. The van der Waals surface area contributed by atoms with Crippen molar-refractivity contribution >= 4 is 34.8 Å². The van der Waals surface area contributed by atoms with E-state index in [4.69, 9.17) is 23.2 Å². The Morgan fingerprint density at radius 3 is 2.62 bits per heavy atom. The summed E-state index contributed by atoms with van der Waals surface area (Å²) in [7, 11) is 1.80. The molecule has 0 aromatic carbocycles. The first kappa shape index (κ1) is 11.8. The van der Waals surface area contributed by atoms with Crippen LogP contribution in [-0.4, -0.2) is 38.2 Å². The van der Waals surface area contributed by atoms with E-state index in [-0.39, 0.29) is 0 Å². The fourth-order valence-corrected chi connectivity index (χ4v) is 2.30. The van der Waals surface area contributed by atoms with Crippen molar-refractivity contribution in [3.05, 3.63) is 16.1 Å². The molecule has 88 valence electrons. The molecule has 0 bridgehead atoms. The predicted octanol–water partition coefficient (Wildman–Crippen LogP) is 1.84. The van der Waals surface area contributed by atoms with Crippen molar-refractivity contribution in [2.24, 2.45) is 0 Å². The van der Waals surface area contributed by atoms with Crippen molar-refractivity contribution in [2.75, 3.05) is 43.4 Å². The summed E-state index contributed by atoms with van der Waals surface area (Å²) >= 11 is 12.2. The molecular weight excluding hydrogens is 247 g/mol. The van der Waals surface area contributed by atoms with Gasteiger partial charge in [-0.1, -0.05) is 23.2 Å². The molecule has 0 saturated carbocycles. The minimum absolute atomic E-state index is 0.548. The summed E-state index contributed by atoms with van der Waals surface area (Å²) in [5.74, 6) is 1.47. The zero-order valence-electron chi connectivity index (χ0n) is 9.06. The molecule has 1 aliphatic rings. The third-order valence-electron chi connectivity index (χ3n) is 2.56. The van der Waals surface area contributed by atoms with E-state index in [2.05, 4.69) is 20.5 Å². The molecule has 6 heteroatoms. The van der Waals surface area contributed by atoms with Gasteiger partial charge in [0, 0.05) is 33.2 Å². The molecule has 0 unspecified atom stereocenters. The Balaban J connectivity index is 2.31. The second-order valence-corrected chi connectivity index (χ2v) is 4.43. The Bertz CT molecular complexity index is 377. The van der Waals surface area contributed by atoms with Crippen molar-refractivity contribution in [3.63, 3.8) is 0 Å². The van der Waals surface area contributed by atoms with E-state index >= 15 is 0 Å². The van der Waals surface area contributed by atoms with Crippen molar-refractivity contribution < 1.29 is 0 Å². The molecule has 1 aliphatic heterocycles. The Kier molecular flexibility index (Phi) is 3.74. The quantitative estimate of drug-likeness (QED) is 0.852. The van der Waals surface area contributed by atoms with E-state index in [0.29, 0.717) is 15.9 Å². The van der Waals surface area contributed by atoms with Gasteiger partial charge >= 0.3 is 0 Å². The lowest BCUT2D eigenvalue weighted by molar-refractivity contribution is 0.585. The molecule has 2 heterocycles. The van der Waals surface area contributed by atoms with Gasteiger partial charge in [-0.25, -0.2) is 4.98 Å². The van der Waals surface area contributed by atoms with Gasteiger partial charge in [0.15, 0.2) is 0 Å². The average Bonchev–Trinajstić information content (AvgIpc) is 2.30.